The van der Waals surface area contributed by atoms with Crippen molar-refractivity contribution >= 4 is 41.0 Å². The third-order valence-corrected chi connectivity index (χ3v) is 13.7. The zero-order chi connectivity index (χ0) is 17.5. The van der Waals surface area contributed by atoms with Gasteiger partial charge >= 0.3 is 92.9 Å². The Labute approximate surface area is 153 Å². The van der Waals surface area contributed by atoms with Gasteiger partial charge < -0.3 is 0 Å². The Balaban J connectivity index is 0.000000257. The average Bonchev–Trinajstić information content (AvgIpc) is 2.56. The Kier molecular flexibility index (Phi) is 8.66. The van der Waals surface area contributed by atoms with Crippen molar-refractivity contribution in [3.05, 3.63) is 60.7 Å². The first-order valence-electron chi connectivity index (χ1n) is 8.20. The molecule has 0 saturated carbocycles. The molecule has 0 spiro atoms. The predicted molar refractivity (Wildman–Crippen MR) is 110 cm³/mol. The molecular weight excluding hydrogens is 376 g/mol. The molecule has 2 radical (unpaired) electrons. The normalized spacial score (nSPS) is 11.6. The molecule has 2 rings (SSSR count). The van der Waals surface area contributed by atoms with E-state index in [0.717, 1.165) is 5.92 Å². The van der Waals surface area contributed by atoms with Gasteiger partial charge in [0.05, 0.1) is 0 Å². The predicted octanol–water partition coefficient (Wildman–Crippen LogP) is 5.21. The second-order valence-electron chi connectivity index (χ2n) is 6.92. The summed E-state index contributed by atoms with van der Waals surface area (Å²) in [6.07, 6.45) is 0. The van der Waals surface area contributed by atoms with Crippen LogP contribution in [0.5, 0.6) is 0 Å². The second kappa shape index (κ2) is 9.71. The first kappa shape index (κ1) is 20.5. The Hall–Kier alpha value is -0.510. The molecule has 0 amide bonds. The van der Waals surface area contributed by atoms with E-state index in [1.54, 1.807) is 0 Å². The van der Waals surface area contributed by atoms with E-state index in [1.165, 1.54) is 8.79 Å². The Morgan fingerprint density at radius 1 is 0.826 bits per heavy atom. The molecule has 3 heteroatoms. The summed E-state index contributed by atoms with van der Waals surface area (Å²) in [4.78, 5) is 0. The molecule has 0 aliphatic heterocycles. The van der Waals surface area contributed by atoms with Gasteiger partial charge in [-0.25, -0.2) is 0 Å². The van der Waals surface area contributed by atoms with E-state index < -0.39 is 13.4 Å². The van der Waals surface area contributed by atoms with Gasteiger partial charge in [0.2, 0.25) is 0 Å². The Morgan fingerprint density at radius 3 is 1.39 bits per heavy atom. The van der Waals surface area contributed by atoms with Crippen LogP contribution in [-0.2, 0) is 0 Å². The molecule has 0 aliphatic rings. The molecule has 0 bridgehead atoms. The summed E-state index contributed by atoms with van der Waals surface area (Å²) in [6, 6.07) is 20.7. The first-order chi connectivity index (χ1) is 10.8. The number of hydrogen-bond acceptors (Lipinski definition) is 0. The van der Waals surface area contributed by atoms with E-state index in [9.17, 15) is 0 Å². The molecule has 0 aliphatic carbocycles. The molecule has 0 fully saturated rings. The van der Waals surface area contributed by atoms with Crippen molar-refractivity contribution in [3.8, 4) is 0 Å². The van der Waals surface area contributed by atoms with E-state index in [1.807, 2.05) is 36.4 Å². The maximum atomic E-state index is 6.50. The van der Waals surface area contributed by atoms with Crippen molar-refractivity contribution < 1.29 is 0 Å². The number of benzene rings is 2. The second-order valence-corrected chi connectivity index (χ2v) is 15.9. The molecule has 2 aromatic rings. The van der Waals surface area contributed by atoms with Crippen LogP contribution in [0.25, 0.3) is 0 Å². The zero-order valence-electron chi connectivity index (χ0n) is 15.2. The van der Waals surface area contributed by atoms with Crippen molar-refractivity contribution in [2.75, 3.05) is 0 Å². The molecule has 0 heterocycles. The van der Waals surface area contributed by atoms with Gasteiger partial charge in [0, 0.05) is 8.80 Å². The van der Waals surface area contributed by atoms with Crippen molar-refractivity contribution in [1.29, 1.82) is 0 Å². The molecule has 0 nitrogen and oxygen atoms in total. The molecule has 0 atom stereocenters. The molecule has 2 aromatic carbocycles. The van der Waals surface area contributed by atoms with Crippen molar-refractivity contribution in [3.63, 3.8) is 0 Å². The van der Waals surface area contributed by atoms with Gasteiger partial charge in [-0.05, 0) is 11.0 Å². The SMILES string of the molecule is CC(C)C(C)(C)[Si](C)C.[Cl][Ge]([c]1ccccc1)[c]1ccccc1. The van der Waals surface area contributed by atoms with Crippen LogP contribution >= 0.6 is 10.0 Å². The summed E-state index contributed by atoms with van der Waals surface area (Å²) in [5, 5.41) is 0.602. The molecule has 0 saturated heterocycles. The summed E-state index contributed by atoms with van der Waals surface area (Å²) in [6.45, 7) is 14.2. The molecule has 124 valence electrons. The van der Waals surface area contributed by atoms with Crippen LogP contribution in [0.2, 0.25) is 18.1 Å². The van der Waals surface area contributed by atoms with Gasteiger partial charge in [0.15, 0.2) is 0 Å². The average molecular weight is 406 g/mol. The van der Waals surface area contributed by atoms with E-state index in [0.29, 0.717) is 5.04 Å². The van der Waals surface area contributed by atoms with Crippen molar-refractivity contribution in [2.45, 2.75) is 45.8 Å². The molecule has 0 N–H and O–H groups in total. The number of rotatable bonds is 4. The standard InChI is InChI=1S/C12H10ClGe.C8H19Si/c13-14(11-7-3-1-4-8-11)12-9-5-2-6-10-12;1-7(2)8(3,4)9(5)6/h1-10H;7H,1-6H3. The first-order valence-corrected chi connectivity index (χ1v) is 15.6. The summed E-state index contributed by atoms with van der Waals surface area (Å²) < 4.78 is 2.61. The Morgan fingerprint density at radius 2 is 1.17 bits per heavy atom. The minimum atomic E-state index is -1.73. The number of hydrogen-bond donors (Lipinski definition) is 0. The summed E-state index contributed by atoms with van der Waals surface area (Å²) in [5.41, 5.74) is 0. The fourth-order valence-corrected chi connectivity index (χ4v) is 7.11. The topological polar surface area (TPSA) is 0 Å². The van der Waals surface area contributed by atoms with Crippen LogP contribution in [-0.4, -0.2) is 22.2 Å². The third-order valence-electron chi connectivity index (χ3n) is 4.79. The van der Waals surface area contributed by atoms with Crippen molar-refractivity contribution in [2.24, 2.45) is 5.92 Å². The van der Waals surface area contributed by atoms with E-state index >= 15 is 0 Å². The van der Waals surface area contributed by atoms with Gasteiger partial charge in [-0.3, -0.25) is 0 Å². The Bertz CT molecular complexity index is 503. The van der Waals surface area contributed by atoms with E-state index in [4.69, 9.17) is 10.0 Å². The molecular formula is C20H29ClGeSi. The van der Waals surface area contributed by atoms with Gasteiger partial charge in [0.1, 0.15) is 0 Å². The zero-order valence-corrected chi connectivity index (χ0v) is 19.1. The quantitative estimate of drug-likeness (QED) is 0.613. The fraction of sp³-hybridized carbons (Fsp3) is 0.400. The fourth-order valence-electron chi connectivity index (χ4n) is 1.91. The van der Waals surface area contributed by atoms with Crippen LogP contribution in [0.4, 0.5) is 0 Å². The van der Waals surface area contributed by atoms with E-state index in [2.05, 4.69) is 65.1 Å². The van der Waals surface area contributed by atoms with E-state index in [-0.39, 0.29) is 8.80 Å². The van der Waals surface area contributed by atoms with Gasteiger partial charge in [-0.1, -0.05) is 40.8 Å². The number of halogens is 1. The monoisotopic (exact) mass is 406 g/mol. The maximum absolute atomic E-state index is 6.50. The van der Waals surface area contributed by atoms with Crippen LogP contribution in [0.1, 0.15) is 27.7 Å². The molecule has 0 aromatic heterocycles. The van der Waals surface area contributed by atoms with Crippen LogP contribution in [0, 0.1) is 5.92 Å². The van der Waals surface area contributed by atoms with Gasteiger partial charge in [0.25, 0.3) is 0 Å². The molecule has 23 heavy (non-hydrogen) atoms. The van der Waals surface area contributed by atoms with Crippen LogP contribution < -0.4 is 8.79 Å². The van der Waals surface area contributed by atoms with Crippen LogP contribution in [0.3, 0.4) is 0 Å². The summed E-state index contributed by atoms with van der Waals surface area (Å²) in [7, 11) is 6.39. The van der Waals surface area contributed by atoms with Gasteiger partial charge in [-0.15, -0.1) is 0 Å². The molecule has 0 unspecified atom stereocenters. The summed E-state index contributed by atoms with van der Waals surface area (Å²) in [5.74, 6) is 0.835. The van der Waals surface area contributed by atoms with Crippen molar-refractivity contribution in [1.82, 2.24) is 0 Å². The minimum absolute atomic E-state index is 0.110. The van der Waals surface area contributed by atoms with Crippen LogP contribution in [0.15, 0.2) is 60.7 Å². The van der Waals surface area contributed by atoms with Gasteiger partial charge in [-0.2, -0.15) is 0 Å². The summed E-state index contributed by atoms with van der Waals surface area (Å²) >= 11 is -1.73. The third kappa shape index (κ3) is 6.48.